The van der Waals surface area contributed by atoms with Crippen molar-refractivity contribution in [3.8, 4) is 0 Å². The van der Waals surface area contributed by atoms with Gasteiger partial charge in [0.05, 0.1) is 0 Å². The molecule has 0 bridgehead atoms. The summed E-state index contributed by atoms with van der Waals surface area (Å²) in [6.07, 6.45) is 1.15. The van der Waals surface area contributed by atoms with Crippen molar-refractivity contribution in [3.05, 3.63) is 0 Å². The molecule has 0 radical (unpaired) electrons. The number of nitrogens with one attached hydrogen (secondary N) is 2. The first kappa shape index (κ1) is 12.2. The Balaban J connectivity index is 4.00. The Morgan fingerprint density at radius 3 is 2.38 bits per heavy atom. The smallest absolute Gasteiger partial charge is 0.205 e. The Labute approximate surface area is 81.0 Å². The molecule has 2 unspecified atom stereocenters. The normalized spacial score (nSPS) is 16.5. The molecule has 4 nitrogen and oxygen atoms in total. The second-order valence-corrected chi connectivity index (χ2v) is 3.29. The minimum Gasteiger partial charge on any atom is -0.353 e. The Hall–Kier alpha value is -0.770. The zero-order valence-corrected chi connectivity index (χ0v) is 9.09. The summed E-state index contributed by atoms with van der Waals surface area (Å²) in [5.74, 6) is 6.60. The van der Waals surface area contributed by atoms with Crippen LogP contribution in [-0.4, -0.2) is 18.5 Å². The minimum absolute atomic E-state index is 0.395. The molecule has 0 rings (SSSR count). The van der Waals surface area contributed by atoms with Crippen molar-refractivity contribution >= 4 is 5.96 Å². The summed E-state index contributed by atoms with van der Waals surface area (Å²) in [4.78, 5) is 4.17. The molecule has 0 aromatic rings. The van der Waals surface area contributed by atoms with Crippen LogP contribution in [0.3, 0.4) is 0 Å². The third-order valence-corrected chi connectivity index (χ3v) is 2.31. The quantitative estimate of drug-likeness (QED) is 0.264. The van der Waals surface area contributed by atoms with Crippen LogP contribution in [0.15, 0.2) is 4.99 Å². The van der Waals surface area contributed by atoms with E-state index < -0.39 is 0 Å². The van der Waals surface area contributed by atoms with Gasteiger partial charge in [-0.2, -0.15) is 0 Å². The first-order valence-corrected chi connectivity index (χ1v) is 4.93. The first-order chi connectivity index (χ1) is 6.15. The number of hydrogen-bond acceptors (Lipinski definition) is 2. The molecule has 0 fully saturated rings. The molecule has 0 saturated carbocycles. The van der Waals surface area contributed by atoms with Crippen LogP contribution < -0.4 is 16.6 Å². The highest BCUT2D eigenvalue weighted by Crippen LogP contribution is 2.05. The fraction of sp³-hybridized carbons (Fsp3) is 0.889. The van der Waals surface area contributed by atoms with Crippen molar-refractivity contribution in [3.63, 3.8) is 0 Å². The van der Waals surface area contributed by atoms with Gasteiger partial charge < -0.3 is 5.32 Å². The lowest BCUT2D eigenvalue weighted by Gasteiger charge is -2.21. The topological polar surface area (TPSA) is 62.4 Å². The molecule has 0 aliphatic rings. The van der Waals surface area contributed by atoms with E-state index in [9.17, 15) is 0 Å². The summed E-state index contributed by atoms with van der Waals surface area (Å²) in [5.41, 5.74) is 2.55. The van der Waals surface area contributed by atoms with Crippen molar-refractivity contribution in [2.75, 3.05) is 6.54 Å². The molecule has 0 amide bonds. The number of hydrogen-bond donors (Lipinski definition) is 3. The van der Waals surface area contributed by atoms with Crippen molar-refractivity contribution in [1.82, 2.24) is 10.7 Å². The maximum atomic E-state index is 5.31. The standard InChI is InChI=1S/C9H22N4/c1-5-7(3)8(4)12-9(13-10)11-6-2/h7-8H,5-6,10H2,1-4H3,(H2,11,12,13). The van der Waals surface area contributed by atoms with Crippen molar-refractivity contribution in [2.45, 2.75) is 40.2 Å². The number of guanidine groups is 1. The summed E-state index contributed by atoms with van der Waals surface area (Å²) in [7, 11) is 0. The van der Waals surface area contributed by atoms with E-state index in [4.69, 9.17) is 5.84 Å². The third kappa shape index (κ3) is 4.72. The fourth-order valence-electron chi connectivity index (χ4n) is 1.00. The Morgan fingerprint density at radius 1 is 1.38 bits per heavy atom. The van der Waals surface area contributed by atoms with Gasteiger partial charge in [0.1, 0.15) is 0 Å². The van der Waals surface area contributed by atoms with E-state index in [1.165, 1.54) is 0 Å². The lowest BCUT2D eigenvalue weighted by atomic mass is 10.0. The van der Waals surface area contributed by atoms with Gasteiger partial charge >= 0.3 is 0 Å². The van der Waals surface area contributed by atoms with Crippen molar-refractivity contribution in [1.29, 1.82) is 0 Å². The molecular formula is C9H22N4. The SMILES string of the molecule is CCN=C(NN)NC(C)C(C)CC. The molecule has 0 aliphatic carbocycles. The summed E-state index contributed by atoms with van der Waals surface area (Å²) in [6.45, 7) is 9.23. The average molecular weight is 186 g/mol. The van der Waals surface area contributed by atoms with Crippen LogP contribution in [0.4, 0.5) is 0 Å². The predicted molar refractivity (Wildman–Crippen MR) is 57.4 cm³/mol. The van der Waals surface area contributed by atoms with Gasteiger partial charge in [0, 0.05) is 12.6 Å². The second-order valence-electron chi connectivity index (χ2n) is 3.29. The van der Waals surface area contributed by atoms with Gasteiger partial charge in [-0.15, -0.1) is 0 Å². The second kappa shape index (κ2) is 6.71. The molecule has 0 aromatic heterocycles. The van der Waals surface area contributed by atoms with Gasteiger partial charge in [-0.1, -0.05) is 20.3 Å². The van der Waals surface area contributed by atoms with Crippen LogP contribution in [0.5, 0.6) is 0 Å². The molecule has 0 aliphatic heterocycles. The van der Waals surface area contributed by atoms with Crippen molar-refractivity contribution in [2.24, 2.45) is 16.8 Å². The van der Waals surface area contributed by atoms with E-state index in [-0.39, 0.29) is 0 Å². The highest BCUT2D eigenvalue weighted by Gasteiger charge is 2.10. The van der Waals surface area contributed by atoms with Crippen LogP contribution in [0.1, 0.15) is 34.1 Å². The van der Waals surface area contributed by atoms with Gasteiger partial charge in [-0.25, -0.2) is 5.84 Å². The maximum absolute atomic E-state index is 5.31. The maximum Gasteiger partial charge on any atom is 0.205 e. The summed E-state index contributed by atoms with van der Waals surface area (Å²) in [5, 5.41) is 3.23. The summed E-state index contributed by atoms with van der Waals surface area (Å²) in [6, 6.07) is 0.395. The van der Waals surface area contributed by atoms with Gasteiger partial charge in [0.15, 0.2) is 0 Å². The Morgan fingerprint density at radius 2 is 2.00 bits per heavy atom. The zero-order chi connectivity index (χ0) is 10.3. The molecule has 0 spiro atoms. The minimum atomic E-state index is 0.395. The number of aliphatic imine (C=N–C) groups is 1. The lowest BCUT2D eigenvalue weighted by Crippen LogP contribution is -2.47. The van der Waals surface area contributed by atoms with Crippen LogP contribution >= 0.6 is 0 Å². The first-order valence-electron chi connectivity index (χ1n) is 4.93. The van der Waals surface area contributed by atoms with Crippen LogP contribution in [0, 0.1) is 5.92 Å². The highest BCUT2D eigenvalue weighted by molar-refractivity contribution is 5.79. The van der Waals surface area contributed by atoms with Crippen LogP contribution in [-0.2, 0) is 0 Å². The van der Waals surface area contributed by atoms with E-state index in [0.717, 1.165) is 13.0 Å². The Kier molecular flexibility index (Phi) is 6.32. The van der Waals surface area contributed by atoms with E-state index in [2.05, 4.69) is 36.5 Å². The number of hydrazine groups is 1. The average Bonchev–Trinajstić information content (AvgIpc) is 2.15. The van der Waals surface area contributed by atoms with Crippen LogP contribution in [0.2, 0.25) is 0 Å². The van der Waals surface area contributed by atoms with E-state index >= 15 is 0 Å². The zero-order valence-electron chi connectivity index (χ0n) is 9.09. The van der Waals surface area contributed by atoms with Gasteiger partial charge in [0.25, 0.3) is 0 Å². The lowest BCUT2D eigenvalue weighted by molar-refractivity contribution is 0.433. The monoisotopic (exact) mass is 186 g/mol. The molecule has 0 heterocycles. The summed E-state index contributed by atoms with van der Waals surface area (Å²) < 4.78 is 0. The summed E-state index contributed by atoms with van der Waals surface area (Å²) >= 11 is 0. The molecule has 4 heteroatoms. The van der Waals surface area contributed by atoms with E-state index in [1.54, 1.807) is 0 Å². The number of nitrogens with two attached hydrogens (primary N) is 1. The van der Waals surface area contributed by atoms with E-state index in [0.29, 0.717) is 17.9 Å². The molecule has 2 atom stereocenters. The highest BCUT2D eigenvalue weighted by atomic mass is 15.3. The van der Waals surface area contributed by atoms with Gasteiger partial charge in [-0.05, 0) is 19.8 Å². The fourth-order valence-corrected chi connectivity index (χ4v) is 1.00. The number of rotatable bonds is 4. The van der Waals surface area contributed by atoms with Crippen LogP contribution in [0.25, 0.3) is 0 Å². The molecule has 13 heavy (non-hydrogen) atoms. The molecular weight excluding hydrogens is 164 g/mol. The van der Waals surface area contributed by atoms with Gasteiger partial charge in [-0.3, -0.25) is 10.4 Å². The number of nitrogens with zero attached hydrogens (tertiary/aromatic N) is 1. The molecule has 0 saturated heterocycles. The Bertz CT molecular complexity index is 156. The van der Waals surface area contributed by atoms with Gasteiger partial charge in [0.2, 0.25) is 5.96 Å². The molecule has 78 valence electrons. The predicted octanol–water partition coefficient (Wildman–Crippen LogP) is 0.850. The third-order valence-electron chi connectivity index (χ3n) is 2.31. The van der Waals surface area contributed by atoms with E-state index in [1.807, 2.05) is 6.92 Å². The largest absolute Gasteiger partial charge is 0.353 e. The molecule has 4 N–H and O–H groups in total. The molecule has 0 aromatic carbocycles. The van der Waals surface area contributed by atoms with Crippen molar-refractivity contribution < 1.29 is 0 Å².